The van der Waals surface area contributed by atoms with Gasteiger partial charge in [0.1, 0.15) is 5.75 Å². The zero-order valence-corrected chi connectivity index (χ0v) is 11.0. The van der Waals surface area contributed by atoms with Gasteiger partial charge in [-0.1, -0.05) is 23.7 Å². The van der Waals surface area contributed by atoms with Crippen LogP contribution in [0, 0.1) is 0 Å². The lowest BCUT2D eigenvalue weighted by Crippen LogP contribution is -1.97. The van der Waals surface area contributed by atoms with Crippen LogP contribution in [0.5, 0.6) is 11.5 Å². The first kappa shape index (κ1) is 12.6. The number of halogens is 1. The maximum atomic E-state index is 10.9. The van der Waals surface area contributed by atoms with Crippen LogP contribution < -0.4 is 4.74 Å². The van der Waals surface area contributed by atoms with Crippen molar-refractivity contribution >= 4 is 28.5 Å². The number of fused-ring (bicyclic) bond motifs is 1. The summed E-state index contributed by atoms with van der Waals surface area (Å²) < 4.78 is 5.76. The van der Waals surface area contributed by atoms with Gasteiger partial charge in [0.25, 0.3) is 0 Å². The van der Waals surface area contributed by atoms with E-state index in [9.17, 15) is 4.79 Å². The lowest BCUT2D eigenvalue weighted by molar-refractivity contribution is 0.0697. The van der Waals surface area contributed by atoms with E-state index >= 15 is 0 Å². The highest BCUT2D eigenvalue weighted by Crippen LogP contribution is 2.31. The van der Waals surface area contributed by atoms with Gasteiger partial charge in [0, 0.05) is 17.6 Å². The fraction of sp³-hybridized carbons (Fsp3) is 0. The van der Waals surface area contributed by atoms with E-state index in [1.54, 1.807) is 6.07 Å². The maximum Gasteiger partial charge on any atom is 0.337 e. The van der Waals surface area contributed by atoms with Gasteiger partial charge in [-0.25, -0.2) is 4.79 Å². The third-order valence-electron chi connectivity index (χ3n) is 2.95. The topological polar surface area (TPSA) is 62.3 Å². The lowest BCUT2D eigenvalue weighted by atomic mass is 10.2. The van der Waals surface area contributed by atoms with E-state index in [4.69, 9.17) is 21.4 Å². The summed E-state index contributed by atoms with van der Waals surface area (Å²) in [4.78, 5) is 14.0. The molecular weight excluding hydrogens is 278 g/mol. The molecule has 0 saturated carbocycles. The van der Waals surface area contributed by atoms with Gasteiger partial charge in [0.2, 0.25) is 0 Å². The number of aromatic nitrogens is 1. The van der Waals surface area contributed by atoms with Gasteiger partial charge in [-0.3, -0.25) is 0 Å². The van der Waals surface area contributed by atoms with Gasteiger partial charge in [-0.15, -0.1) is 0 Å². The minimum atomic E-state index is -1.06. The van der Waals surface area contributed by atoms with Crippen LogP contribution in [0.1, 0.15) is 10.4 Å². The summed E-state index contributed by atoms with van der Waals surface area (Å²) in [6.45, 7) is 0. The highest BCUT2D eigenvalue weighted by Gasteiger charge is 2.10. The van der Waals surface area contributed by atoms with E-state index in [2.05, 4.69) is 4.98 Å². The van der Waals surface area contributed by atoms with Crippen LogP contribution in [0.4, 0.5) is 0 Å². The summed E-state index contributed by atoms with van der Waals surface area (Å²) >= 11 is 5.92. The van der Waals surface area contributed by atoms with Crippen LogP contribution in [0.25, 0.3) is 10.9 Å². The molecule has 5 heteroatoms. The predicted octanol–water partition coefficient (Wildman–Crippen LogP) is 4.31. The molecule has 3 rings (SSSR count). The van der Waals surface area contributed by atoms with E-state index in [1.807, 2.05) is 30.5 Å². The highest BCUT2D eigenvalue weighted by atomic mass is 35.5. The van der Waals surface area contributed by atoms with Crippen LogP contribution in [-0.2, 0) is 0 Å². The fourth-order valence-electron chi connectivity index (χ4n) is 2.00. The number of benzene rings is 2. The van der Waals surface area contributed by atoms with Gasteiger partial charge in [0.05, 0.1) is 16.1 Å². The summed E-state index contributed by atoms with van der Waals surface area (Å²) in [7, 11) is 0. The monoisotopic (exact) mass is 287 g/mol. The largest absolute Gasteiger partial charge is 0.478 e. The number of carboxylic acids is 1. The van der Waals surface area contributed by atoms with Crippen LogP contribution in [0.15, 0.2) is 48.7 Å². The molecule has 0 aliphatic rings. The molecule has 0 fully saturated rings. The number of aromatic amines is 1. The average molecular weight is 288 g/mol. The van der Waals surface area contributed by atoms with Gasteiger partial charge >= 0.3 is 5.97 Å². The number of nitrogens with one attached hydrogen (secondary N) is 1. The minimum absolute atomic E-state index is 0.0529. The molecule has 2 N–H and O–H groups in total. The van der Waals surface area contributed by atoms with Gasteiger partial charge in [-0.2, -0.15) is 0 Å². The molecule has 20 heavy (non-hydrogen) atoms. The van der Waals surface area contributed by atoms with Crippen molar-refractivity contribution in [2.75, 3.05) is 0 Å². The molecule has 1 aromatic heterocycles. The molecule has 1 heterocycles. The fourth-order valence-corrected chi connectivity index (χ4v) is 2.25. The molecule has 0 bridgehead atoms. The Morgan fingerprint density at radius 1 is 1.20 bits per heavy atom. The number of aromatic carboxylic acids is 1. The molecule has 3 aromatic rings. The first-order valence-electron chi connectivity index (χ1n) is 5.92. The zero-order valence-electron chi connectivity index (χ0n) is 10.3. The van der Waals surface area contributed by atoms with Crippen molar-refractivity contribution < 1.29 is 14.6 Å². The van der Waals surface area contributed by atoms with Crippen molar-refractivity contribution in [2.45, 2.75) is 0 Å². The van der Waals surface area contributed by atoms with E-state index in [1.165, 1.54) is 12.1 Å². The Hall–Kier alpha value is -2.46. The standard InChI is InChI=1S/C15H10ClNO3/c16-12-8-10(4-5-11(12)15(18)19)20-13-3-1-2-9-6-7-17-14(9)13/h1-8,17H,(H,18,19). The third kappa shape index (κ3) is 2.21. The molecule has 0 amide bonds. The van der Waals surface area contributed by atoms with Gasteiger partial charge < -0.3 is 14.8 Å². The highest BCUT2D eigenvalue weighted by molar-refractivity contribution is 6.33. The van der Waals surface area contributed by atoms with E-state index in [0.29, 0.717) is 11.5 Å². The Kier molecular flexibility index (Phi) is 3.08. The molecule has 0 spiro atoms. The number of carbonyl (C=O) groups is 1. The van der Waals surface area contributed by atoms with E-state index in [0.717, 1.165) is 10.9 Å². The SMILES string of the molecule is O=C(O)c1ccc(Oc2cccc3cc[nH]c23)cc1Cl. The maximum absolute atomic E-state index is 10.9. The van der Waals surface area contributed by atoms with Crippen LogP contribution >= 0.6 is 11.6 Å². The number of ether oxygens (including phenoxy) is 1. The first-order valence-corrected chi connectivity index (χ1v) is 6.30. The average Bonchev–Trinajstić information content (AvgIpc) is 2.87. The molecule has 0 saturated heterocycles. The Morgan fingerprint density at radius 3 is 2.80 bits per heavy atom. The second-order valence-corrected chi connectivity index (χ2v) is 4.65. The number of H-pyrrole nitrogens is 1. The minimum Gasteiger partial charge on any atom is -0.478 e. The van der Waals surface area contributed by atoms with Crippen molar-refractivity contribution in [3.8, 4) is 11.5 Å². The normalized spacial score (nSPS) is 10.7. The third-order valence-corrected chi connectivity index (χ3v) is 3.26. The lowest BCUT2D eigenvalue weighted by Gasteiger charge is -2.08. The van der Waals surface area contributed by atoms with Crippen LogP contribution in [0.2, 0.25) is 5.02 Å². The van der Waals surface area contributed by atoms with Crippen molar-refractivity contribution in [1.29, 1.82) is 0 Å². The molecule has 2 aromatic carbocycles. The molecule has 0 unspecified atom stereocenters. The van der Waals surface area contributed by atoms with Crippen molar-refractivity contribution in [1.82, 2.24) is 4.98 Å². The Balaban J connectivity index is 1.97. The Bertz CT molecular complexity index is 795. The first-order chi connectivity index (χ1) is 9.65. The molecular formula is C15H10ClNO3. The van der Waals surface area contributed by atoms with Crippen molar-refractivity contribution in [2.24, 2.45) is 0 Å². The number of para-hydroxylation sites is 1. The van der Waals surface area contributed by atoms with E-state index in [-0.39, 0.29) is 10.6 Å². The molecule has 4 nitrogen and oxygen atoms in total. The quantitative estimate of drug-likeness (QED) is 0.754. The van der Waals surface area contributed by atoms with E-state index < -0.39 is 5.97 Å². The van der Waals surface area contributed by atoms with Crippen molar-refractivity contribution in [3.05, 3.63) is 59.2 Å². The Morgan fingerprint density at radius 2 is 2.05 bits per heavy atom. The summed E-state index contributed by atoms with van der Waals surface area (Å²) in [5.41, 5.74) is 0.933. The van der Waals surface area contributed by atoms with Gasteiger partial charge in [0.15, 0.2) is 5.75 Å². The second kappa shape index (κ2) is 4.90. The number of hydrogen-bond acceptors (Lipinski definition) is 2. The molecule has 100 valence electrons. The number of rotatable bonds is 3. The number of hydrogen-bond donors (Lipinski definition) is 2. The molecule has 0 radical (unpaired) electrons. The molecule has 0 aliphatic heterocycles. The summed E-state index contributed by atoms with van der Waals surface area (Å²) in [6, 6.07) is 12.1. The molecule has 0 aliphatic carbocycles. The van der Waals surface area contributed by atoms with Crippen LogP contribution in [0.3, 0.4) is 0 Å². The van der Waals surface area contributed by atoms with Crippen molar-refractivity contribution in [3.63, 3.8) is 0 Å². The smallest absolute Gasteiger partial charge is 0.337 e. The zero-order chi connectivity index (χ0) is 14.1. The predicted molar refractivity (Wildman–Crippen MR) is 76.8 cm³/mol. The summed E-state index contributed by atoms with van der Waals surface area (Å²) in [5.74, 6) is 0.0850. The summed E-state index contributed by atoms with van der Waals surface area (Å²) in [6.07, 6.45) is 1.83. The van der Waals surface area contributed by atoms with Crippen LogP contribution in [-0.4, -0.2) is 16.1 Å². The second-order valence-electron chi connectivity index (χ2n) is 4.25. The molecule has 0 atom stereocenters. The van der Waals surface area contributed by atoms with Gasteiger partial charge in [-0.05, 0) is 24.3 Å². The summed E-state index contributed by atoms with van der Waals surface area (Å²) in [5, 5.41) is 10.1. The Labute approximate surface area is 119 Å². The number of carboxylic acid groups (broad SMARTS) is 1.